The van der Waals surface area contributed by atoms with Crippen LogP contribution in [0.25, 0.3) is 21.8 Å². The largest absolute Gasteiger partial charge is 0.254 e. The molecule has 3 aromatic rings. The van der Waals surface area contributed by atoms with Crippen molar-refractivity contribution in [2.45, 2.75) is 0 Å². The molecule has 0 fully saturated rings. The fourth-order valence-corrected chi connectivity index (χ4v) is 2.18. The molecule has 0 unspecified atom stereocenters. The highest BCUT2D eigenvalue weighted by Gasteiger charge is 2.02. The number of hydrogen-bond donors (Lipinski definition) is 0. The second-order valence-electron chi connectivity index (χ2n) is 3.37. The molecule has 0 bridgehead atoms. The fourth-order valence-electron chi connectivity index (χ4n) is 1.71. The van der Waals surface area contributed by atoms with Gasteiger partial charge in [0, 0.05) is 26.7 Å². The number of benzene rings is 1. The quantitative estimate of drug-likeness (QED) is 0.470. The highest BCUT2D eigenvalue weighted by molar-refractivity contribution is 14.1. The second kappa shape index (κ2) is 3.41. The third kappa shape index (κ3) is 1.47. The summed E-state index contributed by atoms with van der Waals surface area (Å²) < 4.78 is 1.15. The molecule has 3 heteroatoms. The zero-order valence-corrected chi connectivity index (χ0v) is 9.97. The van der Waals surface area contributed by atoms with Gasteiger partial charge in [-0.25, -0.2) is 0 Å². The molecule has 0 aliphatic carbocycles. The second-order valence-corrected chi connectivity index (χ2v) is 4.61. The molecule has 0 spiro atoms. The predicted molar refractivity (Wildman–Crippen MR) is 69.8 cm³/mol. The Morgan fingerprint density at radius 1 is 0.933 bits per heavy atom. The molecule has 2 heterocycles. The van der Waals surface area contributed by atoms with Gasteiger partial charge in [-0.15, -0.1) is 0 Å². The first-order chi connectivity index (χ1) is 7.34. The van der Waals surface area contributed by atoms with Crippen LogP contribution < -0.4 is 0 Å². The Morgan fingerprint density at radius 2 is 1.73 bits per heavy atom. The van der Waals surface area contributed by atoms with Gasteiger partial charge in [-0.05, 0) is 34.7 Å². The summed E-state index contributed by atoms with van der Waals surface area (Å²) >= 11 is 2.27. The van der Waals surface area contributed by atoms with E-state index >= 15 is 0 Å². The number of aromatic nitrogens is 2. The van der Waals surface area contributed by atoms with Crippen molar-refractivity contribution in [2.75, 3.05) is 0 Å². The van der Waals surface area contributed by atoms with Gasteiger partial charge in [-0.3, -0.25) is 9.97 Å². The third-order valence-corrected chi connectivity index (χ3v) is 2.98. The van der Waals surface area contributed by atoms with Crippen LogP contribution in [0.15, 0.2) is 42.7 Å². The predicted octanol–water partition coefficient (Wildman–Crippen LogP) is 3.39. The minimum atomic E-state index is 0.978. The van der Waals surface area contributed by atoms with Crippen molar-refractivity contribution < 1.29 is 0 Å². The molecule has 2 aromatic heterocycles. The number of nitrogens with zero attached hydrogens (tertiary/aromatic N) is 2. The molecule has 0 amide bonds. The maximum atomic E-state index is 4.44. The average Bonchev–Trinajstić information content (AvgIpc) is 2.28. The molecule has 0 aliphatic rings. The van der Waals surface area contributed by atoms with Gasteiger partial charge in [0.1, 0.15) is 0 Å². The summed E-state index contributed by atoms with van der Waals surface area (Å²) in [7, 11) is 0. The number of halogens is 1. The van der Waals surface area contributed by atoms with Gasteiger partial charge < -0.3 is 0 Å². The summed E-state index contributed by atoms with van der Waals surface area (Å²) in [4.78, 5) is 8.81. The van der Waals surface area contributed by atoms with Crippen molar-refractivity contribution in [1.82, 2.24) is 9.97 Å². The fraction of sp³-hybridized carbons (Fsp3) is 0. The Labute approximate surface area is 100 Å². The van der Waals surface area contributed by atoms with Crippen LogP contribution in [0.1, 0.15) is 0 Å². The first-order valence-electron chi connectivity index (χ1n) is 4.63. The van der Waals surface area contributed by atoms with Crippen molar-refractivity contribution in [2.24, 2.45) is 0 Å². The van der Waals surface area contributed by atoms with Crippen molar-refractivity contribution in [1.29, 1.82) is 0 Å². The lowest BCUT2D eigenvalue weighted by Crippen LogP contribution is -1.85. The summed E-state index contributed by atoms with van der Waals surface area (Å²) in [6.07, 6.45) is 3.68. The number of hydrogen-bond acceptors (Lipinski definition) is 2. The van der Waals surface area contributed by atoms with Gasteiger partial charge in [0.05, 0.1) is 11.0 Å². The summed E-state index contributed by atoms with van der Waals surface area (Å²) in [5, 5.41) is 2.28. The minimum absolute atomic E-state index is 0.978. The SMILES string of the molecule is Ic1cnc2c(ccc3cccnc32)c1. The van der Waals surface area contributed by atoms with Gasteiger partial charge >= 0.3 is 0 Å². The number of rotatable bonds is 0. The van der Waals surface area contributed by atoms with Crippen molar-refractivity contribution in [3.05, 3.63) is 46.3 Å². The van der Waals surface area contributed by atoms with Crippen LogP contribution in [0, 0.1) is 3.57 Å². The van der Waals surface area contributed by atoms with E-state index in [0.29, 0.717) is 0 Å². The Bertz CT molecular complexity index is 649. The Balaban J connectivity index is 2.55. The molecule has 0 radical (unpaired) electrons. The third-order valence-electron chi connectivity index (χ3n) is 2.39. The van der Waals surface area contributed by atoms with E-state index in [0.717, 1.165) is 25.4 Å². The monoisotopic (exact) mass is 306 g/mol. The van der Waals surface area contributed by atoms with Crippen LogP contribution in [0.3, 0.4) is 0 Å². The molecule has 3 rings (SSSR count). The van der Waals surface area contributed by atoms with Crippen LogP contribution in [-0.2, 0) is 0 Å². The molecular weight excluding hydrogens is 299 g/mol. The zero-order chi connectivity index (χ0) is 10.3. The maximum absolute atomic E-state index is 4.44. The first kappa shape index (κ1) is 9.03. The smallest absolute Gasteiger partial charge is 0.0965 e. The van der Waals surface area contributed by atoms with Crippen molar-refractivity contribution >= 4 is 44.4 Å². The van der Waals surface area contributed by atoms with Crippen molar-refractivity contribution in [3.63, 3.8) is 0 Å². The van der Waals surface area contributed by atoms with Crippen molar-refractivity contribution in [3.8, 4) is 0 Å². The van der Waals surface area contributed by atoms with Crippen LogP contribution in [0.2, 0.25) is 0 Å². The molecule has 15 heavy (non-hydrogen) atoms. The molecule has 0 atom stereocenters. The Kier molecular flexibility index (Phi) is 2.05. The van der Waals surface area contributed by atoms with E-state index in [1.807, 2.05) is 12.3 Å². The average molecular weight is 306 g/mol. The van der Waals surface area contributed by atoms with E-state index in [1.165, 1.54) is 0 Å². The van der Waals surface area contributed by atoms with Gasteiger partial charge in [0.25, 0.3) is 0 Å². The summed E-state index contributed by atoms with van der Waals surface area (Å²) in [5.41, 5.74) is 1.96. The molecule has 0 N–H and O–H groups in total. The molecule has 0 saturated carbocycles. The van der Waals surface area contributed by atoms with Gasteiger partial charge in [-0.1, -0.05) is 18.2 Å². The molecule has 2 nitrogen and oxygen atoms in total. The lowest BCUT2D eigenvalue weighted by molar-refractivity contribution is 1.36. The molecule has 1 aromatic carbocycles. The van der Waals surface area contributed by atoms with E-state index < -0.39 is 0 Å². The van der Waals surface area contributed by atoms with Crippen LogP contribution in [-0.4, -0.2) is 9.97 Å². The highest BCUT2D eigenvalue weighted by Crippen LogP contribution is 2.22. The molecule has 0 saturated heterocycles. The van der Waals surface area contributed by atoms with E-state index in [2.05, 4.69) is 56.8 Å². The summed E-state index contributed by atoms with van der Waals surface area (Å²) in [6, 6.07) is 10.3. The number of pyridine rings is 2. The lowest BCUT2D eigenvalue weighted by atomic mass is 10.1. The van der Waals surface area contributed by atoms with Crippen LogP contribution >= 0.6 is 22.6 Å². The Hall–Kier alpha value is -1.23. The molecule has 72 valence electrons. The lowest BCUT2D eigenvalue weighted by Gasteiger charge is -2.01. The molecule has 0 aliphatic heterocycles. The van der Waals surface area contributed by atoms with E-state index in [9.17, 15) is 0 Å². The van der Waals surface area contributed by atoms with Gasteiger partial charge in [0.2, 0.25) is 0 Å². The van der Waals surface area contributed by atoms with Gasteiger partial charge in [-0.2, -0.15) is 0 Å². The highest BCUT2D eigenvalue weighted by atomic mass is 127. The van der Waals surface area contributed by atoms with Crippen LogP contribution in [0.5, 0.6) is 0 Å². The van der Waals surface area contributed by atoms with E-state index in [1.54, 1.807) is 6.20 Å². The first-order valence-corrected chi connectivity index (χ1v) is 5.71. The summed E-state index contributed by atoms with van der Waals surface area (Å²) in [5.74, 6) is 0. The molecular formula is C12H7IN2. The maximum Gasteiger partial charge on any atom is 0.0965 e. The number of fused-ring (bicyclic) bond motifs is 3. The van der Waals surface area contributed by atoms with E-state index in [-0.39, 0.29) is 0 Å². The van der Waals surface area contributed by atoms with Gasteiger partial charge in [0.15, 0.2) is 0 Å². The minimum Gasteiger partial charge on any atom is -0.254 e. The standard InChI is InChI=1S/C12H7IN2/c13-10-6-9-4-3-8-2-1-5-14-11(8)12(9)15-7-10/h1-7H. The zero-order valence-electron chi connectivity index (χ0n) is 7.81. The summed E-state index contributed by atoms with van der Waals surface area (Å²) in [6.45, 7) is 0. The topological polar surface area (TPSA) is 25.8 Å². The van der Waals surface area contributed by atoms with E-state index in [4.69, 9.17) is 0 Å². The Morgan fingerprint density at radius 3 is 2.67 bits per heavy atom. The normalized spacial score (nSPS) is 11.0. The van der Waals surface area contributed by atoms with Crippen LogP contribution in [0.4, 0.5) is 0 Å².